The molecular formula is C13H26IN5. The van der Waals surface area contributed by atoms with Crippen molar-refractivity contribution in [3.05, 3.63) is 17.5 Å². The summed E-state index contributed by atoms with van der Waals surface area (Å²) in [7, 11) is 0. The highest BCUT2D eigenvalue weighted by atomic mass is 127. The third kappa shape index (κ3) is 7.39. The smallest absolute Gasteiger partial charge is 0.188 e. The number of guanidine groups is 1. The standard InChI is InChI=1S/C13H25N5.HI/c1-4-5-7-15-13(14)16-8-6-9-18-12(3)10-11(2)17-18;/h10H,4-9H2,1-3H3,(H3,14,15,16);1H. The fourth-order valence-corrected chi connectivity index (χ4v) is 1.77. The van der Waals surface area contributed by atoms with Crippen LogP contribution in [0.15, 0.2) is 11.1 Å². The monoisotopic (exact) mass is 379 g/mol. The largest absolute Gasteiger partial charge is 0.370 e. The van der Waals surface area contributed by atoms with Gasteiger partial charge in [-0.2, -0.15) is 5.10 Å². The van der Waals surface area contributed by atoms with Crippen LogP contribution in [0, 0.1) is 13.8 Å². The lowest BCUT2D eigenvalue weighted by molar-refractivity contribution is 0.567. The Morgan fingerprint density at radius 2 is 2.16 bits per heavy atom. The highest BCUT2D eigenvalue weighted by molar-refractivity contribution is 14.0. The Bertz CT molecular complexity index is 386. The van der Waals surface area contributed by atoms with Crippen LogP contribution in [0.1, 0.15) is 37.6 Å². The third-order valence-corrected chi connectivity index (χ3v) is 2.75. The first kappa shape index (κ1) is 18.2. The Balaban J connectivity index is 0.00000324. The number of nitrogens with one attached hydrogen (secondary N) is 1. The molecule has 0 bridgehead atoms. The molecule has 0 aliphatic rings. The molecule has 1 aromatic rings. The Kier molecular flexibility index (Phi) is 9.63. The van der Waals surface area contributed by atoms with Crippen molar-refractivity contribution >= 4 is 29.9 Å². The van der Waals surface area contributed by atoms with Gasteiger partial charge in [0.25, 0.3) is 0 Å². The van der Waals surface area contributed by atoms with Gasteiger partial charge in [0.2, 0.25) is 0 Å². The molecule has 3 N–H and O–H groups in total. The molecule has 0 aromatic carbocycles. The maximum absolute atomic E-state index is 5.74. The first-order chi connectivity index (χ1) is 8.63. The number of nitrogens with two attached hydrogens (primary N) is 1. The first-order valence-corrected chi connectivity index (χ1v) is 6.68. The van der Waals surface area contributed by atoms with E-state index in [9.17, 15) is 0 Å². The molecule has 1 rings (SSSR count). The minimum absolute atomic E-state index is 0. The van der Waals surface area contributed by atoms with E-state index in [4.69, 9.17) is 5.73 Å². The van der Waals surface area contributed by atoms with Gasteiger partial charge in [0.05, 0.1) is 5.69 Å². The van der Waals surface area contributed by atoms with Crippen LogP contribution in [0.25, 0.3) is 0 Å². The second-order valence-corrected chi connectivity index (χ2v) is 4.55. The predicted molar refractivity (Wildman–Crippen MR) is 91.1 cm³/mol. The number of aromatic nitrogens is 2. The van der Waals surface area contributed by atoms with Gasteiger partial charge in [0, 0.05) is 25.3 Å². The van der Waals surface area contributed by atoms with E-state index in [0.717, 1.165) is 44.6 Å². The molecule has 0 spiro atoms. The summed E-state index contributed by atoms with van der Waals surface area (Å²) in [5, 5.41) is 7.51. The van der Waals surface area contributed by atoms with Gasteiger partial charge in [-0.25, -0.2) is 0 Å². The fraction of sp³-hybridized carbons (Fsp3) is 0.692. The van der Waals surface area contributed by atoms with Crippen LogP contribution in [0.5, 0.6) is 0 Å². The van der Waals surface area contributed by atoms with Crippen molar-refractivity contribution in [3.8, 4) is 0 Å². The minimum atomic E-state index is 0. The van der Waals surface area contributed by atoms with Crippen molar-refractivity contribution in [2.45, 2.75) is 46.6 Å². The normalized spacial score (nSPS) is 11.2. The summed E-state index contributed by atoms with van der Waals surface area (Å²) in [5.74, 6) is 0.553. The zero-order valence-corrected chi connectivity index (χ0v) is 14.5. The van der Waals surface area contributed by atoms with E-state index in [-0.39, 0.29) is 24.0 Å². The molecule has 5 nitrogen and oxygen atoms in total. The van der Waals surface area contributed by atoms with Crippen LogP contribution in [-0.2, 0) is 6.54 Å². The van der Waals surface area contributed by atoms with Gasteiger partial charge in [0.1, 0.15) is 0 Å². The highest BCUT2D eigenvalue weighted by Crippen LogP contribution is 2.02. The Labute approximate surface area is 133 Å². The summed E-state index contributed by atoms with van der Waals surface area (Å²) in [5.41, 5.74) is 8.01. The topological polar surface area (TPSA) is 68.2 Å². The lowest BCUT2D eigenvalue weighted by Crippen LogP contribution is -2.32. The highest BCUT2D eigenvalue weighted by Gasteiger charge is 1.99. The van der Waals surface area contributed by atoms with E-state index in [1.807, 2.05) is 11.6 Å². The number of hydrogen-bond acceptors (Lipinski definition) is 2. The zero-order chi connectivity index (χ0) is 13.4. The van der Waals surface area contributed by atoms with Gasteiger partial charge >= 0.3 is 0 Å². The summed E-state index contributed by atoms with van der Waals surface area (Å²) in [6.07, 6.45) is 3.25. The minimum Gasteiger partial charge on any atom is -0.370 e. The van der Waals surface area contributed by atoms with Crippen molar-refractivity contribution < 1.29 is 0 Å². The molecule has 110 valence electrons. The maximum Gasteiger partial charge on any atom is 0.188 e. The molecule has 0 radical (unpaired) electrons. The maximum atomic E-state index is 5.74. The second-order valence-electron chi connectivity index (χ2n) is 4.55. The Hall–Kier alpha value is -0.790. The quantitative estimate of drug-likeness (QED) is 0.330. The molecule has 0 aliphatic carbocycles. The third-order valence-electron chi connectivity index (χ3n) is 2.75. The summed E-state index contributed by atoms with van der Waals surface area (Å²) >= 11 is 0. The molecule has 19 heavy (non-hydrogen) atoms. The van der Waals surface area contributed by atoms with Crippen LogP contribution in [0.4, 0.5) is 0 Å². The number of nitrogens with zero attached hydrogens (tertiary/aromatic N) is 3. The molecule has 0 fully saturated rings. The SMILES string of the molecule is CCCCNC(N)=NCCCn1nc(C)cc1C.I. The molecule has 0 aliphatic heterocycles. The van der Waals surface area contributed by atoms with E-state index in [1.165, 1.54) is 5.69 Å². The van der Waals surface area contributed by atoms with E-state index < -0.39 is 0 Å². The van der Waals surface area contributed by atoms with Crippen molar-refractivity contribution in [2.24, 2.45) is 10.7 Å². The average molecular weight is 379 g/mol. The molecular weight excluding hydrogens is 353 g/mol. The van der Waals surface area contributed by atoms with Crippen molar-refractivity contribution in [2.75, 3.05) is 13.1 Å². The lowest BCUT2D eigenvalue weighted by atomic mass is 10.3. The van der Waals surface area contributed by atoms with Crippen LogP contribution in [-0.4, -0.2) is 28.8 Å². The number of hydrogen-bond donors (Lipinski definition) is 2. The van der Waals surface area contributed by atoms with E-state index in [0.29, 0.717) is 5.96 Å². The van der Waals surface area contributed by atoms with Gasteiger partial charge in [0.15, 0.2) is 5.96 Å². The number of halogens is 1. The summed E-state index contributed by atoms with van der Waals surface area (Å²) in [6, 6.07) is 2.09. The molecule has 1 heterocycles. The van der Waals surface area contributed by atoms with E-state index in [1.54, 1.807) is 0 Å². The number of unbranched alkanes of at least 4 members (excludes halogenated alkanes) is 1. The first-order valence-electron chi connectivity index (χ1n) is 6.68. The van der Waals surface area contributed by atoms with Crippen LogP contribution < -0.4 is 11.1 Å². The fourth-order valence-electron chi connectivity index (χ4n) is 1.77. The molecule has 6 heteroatoms. The van der Waals surface area contributed by atoms with Crippen molar-refractivity contribution in [3.63, 3.8) is 0 Å². The Morgan fingerprint density at radius 1 is 1.42 bits per heavy atom. The number of rotatable bonds is 7. The van der Waals surface area contributed by atoms with Crippen LogP contribution >= 0.6 is 24.0 Å². The Morgan fingerprint density at radius 3 is 2.74 bits per heavy atom. The molecule has 0 unspecified atom stereocenters. The second kappa shape index (κ2) is 10.1. The predicted octanol–water partition coefficient (Wildman–Crippen LogP) is 2.21. The number of aryl methyl sites for hydroxylation is 3. The molecule has 0 saturated carbocycles. The molecule has 1 aromatic heterocycles. The summed E-state index contributed by atoms with van der Waals surface area (Å²) in [4.78, 5) is 4.29. The lowest BCUT2D eigenvalue weighted by Gasteiger charge is -2.05. The van der Waals surface area contributed by atoms with E-state index in [2.05, 4.69) is 35.3 Å². The number of aliphatic imine (C=N–C) groups is 1. The van der Waals surface area contributed by atoms with E-state index >= 15 is 0 Å². The van der Waals surface area contributed by atoms with Crippen LogP contribution in [0.3, 0.4) is 0 Å². The molecule has 0 amide bonds. The van der Waals surface area contributed by atoms with Crippen molar-refractivity contribution in [1.29, 1.82) is 0 Å². The molecule has 0 atom stereocenters. The van der Waals surface area contributed by atoms with Crippen molar-refractivity contribution in [1.82, 2.24) is 15.1 Å². The van der Waals surface area contributed by atoms with Gasteiger partial charge in [-0.15, -0.1) is 24.0 Å². The van der Waals surface area contributed by atoms with Gasteiger partial charge in [-0.3, -0.25) is 9.67 Å². The zero-order valence-electron chi connectivity index (χ0n) is 12.1. The average Bonchev–Trinajstić information content (AvgIpc) is 2.64. The summed E-state index contributed by atoms with van der Waals surface area (Å²) in [6.45, 7) is 8.78. The van der Waals surface area contributed by atoms with Gasteiger partial charge in [-0.05, 0) is 32.8 Å². The summed E-state index contributed by atoms with van der Waals surface area (Å²) < 4.78 is 2.02. The molecule has 0 saturated heterocycles. The van der Waals surface area contributed by atoms with Gasteiger partial charge in [-0.1, -0.05) is 13.3 Å². The van der Waals surface area contributed by atoms with Gasteiger partial charge < -0.3 is 11.1 Å². The van der Waals surface area contributed by atoms with Crippen LogP contribution in [0.2, 0.25) is 0 Å².